The molecule has 0 aromatic carbocycles. The van der Waals surface area contributed by atoms with Gasteiger partial charge >= 0.3 is 0 Å². The van der Waals surface area contributed by atoms with Gasteiger partial charge in [0.1, 0.15) is 0 Å². The lowest BCUT2D eigenvalue weighted by Crippen LogP contribution is -2.25. The summed E-state index contributed by atoms with van der Waals surface area (Å²) in [6.45, 7) is 5.23. The van der Waals surface area contributed by atoms with Gasteiger partial charge in [-0.3, -0.25) is 4.79 Å². The summed E-state index contributed by atoms with van der Waals surface area (Å²) in [7, 11) is 3.50. The van der Waals surface area contributed by atoms with Crippen LogP contribution in [-0.2, 0) is 11.3 Å². The van der Waals surface area contributed by atoms with Gasteiger partial charge in [-0.1, -0.05) is 0 Å². The first-order valence-corrected chi connectivity index (χ1v) is 7.80. The van der Waals surface area contributed by atoms with Crippen molar-refractivity contribution < 1.29 is 4.74 Å². The Morgan fingerprint density at radius 1 is 1.43 bits per heavy atom. The van der Waals surface area contributed by atoms with Crippen LogP contribution in [0.4, 0.5) is 5.13 Å². The summed E-state index contributed by atoms with van der Waals surface area (Å²) in [5, 5.41) is 5.74. The van der Waals surface area contributed by atoms with Crippen molar-refractivity contribution in [3.63, 3.8) is 0 Å². The molecular formula is C15H21N3O2S. The van der Waals surface area contributed by atoms with Gasteiger partial charge in [-0.25, -0.2) is 4.98 Å². The number of ether oxygens (including phenoxy) is 1. The maximum absolute atomic E-state index is 12.8. The minimum Gasteiger partial charge on any atom is -0.385 e. The number of nitrogens with zero attached hydrogens (tertiary/aromatic N) is 2. The minimum atomic E-state index is 0.0246. The summed E-state index contributed by atoms with van der Waals surface area (Å²) in [5.74, 6) is 0. The molecule has 2 aromatic heterocycles. The zero-order chi connectivity index (χ0) is 15.4. The zero-order valence-electron chi connectivity index (χ0n) is 12.9. The average molecular weight is 307 g/mol. The lowest BCUT2D eigenvalue weighted by molar-refractivity contribution is 0.189. The van der Waals surface area contributed by atoms with Gasteiger partial charge in [-0.15, -0.1) is 11.3 Å². The number of thiazole rings is 1. The number of hydrogen-bond donors (Lipinski definition) is 1. The van der Waals surface area contributed by atoms with Crippen LogP contribution in [0.3, 0.4) is 0 Å². The van der Waals surface area contributed by atoms with Crippen LogP contribution in [0.25, 0.3) is 11.3 Å². The number of nitrogens with one attached hydrogen (secondary N) is 1. The first kappa shape index (κ1) is 15.7. The van der Waals surface area contributed by atoms with Crippen molar-refractivity contribution in [1.82, 2.24) is 9.55 Å². The quantitative estimate of drug-likeness (QED) is 0.834. The highest BCUT2D eigenvalue weighted by Gasteiger charge is 2.15. The number of aromatic nitrogens is 2. The summed E-state index contributed by atoms with van der Waals surface area (Å²) in [4.78, 5) is 17.2. The number of rotatable bonds is 6. The first-order chi connectivity index (χ1) is 10.1. The normalized spacial score (nSPS) is 10.9. The predicted molar refractivity (Wildman–Crippen MR) is 87.3 cm³/mol. The van der Waals surface area contributed by atoms with Gasteiger partial charge in [0.25, 0.3) is 5.56 Å². The Balaban J connectivity index is 2.45. The Hall–Kier alpha value is -1.66. The molecule has 2 heterocycles. The molecular weight excluding hydrogens is 286 g/mol. The van der Waals surface area contributed by atoms with Crippen LogP contribution in [-0.4, -0.2) is 30.3 Å². The highest BCUT2D eigenvalue weighted by molar-refractivity contribution is 7.14. The van der Waals surface area contributed by atoms with E-state index in [1.54, 1.807) is 11.7 Å². The van der Waals surface area contributed by atoms with Crippen molar-refractivity contribution in [2.24, 2.45) is 0 Å². The van der Waals surface area contributed by atoms with Crippen molar-refractivity contribution in [3.05, 3.63) is 33.1 Å². The van der Waals surface area contributed by atoms with Crippen LogP contribution in [0.2, 0.25) is 0 Å². The molecule has 0 aliphatic heterocycles. The number of methoxy groups -OCH3 is 1. The van der Waals surface area contributed by atoms with Gasteiger partial charge in [-0.2, -0.15) is 0 Å². The van der Waals surface area contributed by atoms with E-state index < -0.39 is 0 Å². The van der Waals surface area contributed by atoms with Crippen molar-refractivity contribution in [1.29, 1.82) is 0 Å². The summed E-state index contributed by atoms with van der Waals surface area (Å²) >= 11 is 1.50. The van der Waals surface area contributed by atoms with E-state index in [1.807, 2.05) is 32.3 Å². The van der Waals surface area contributed by atoms with E-state index in [2.05, 4.69) is 10.3 Å². The number of anilines is 1. The van der Waals surface area contributed by atoms with E-state index in [0.29, 0.717) is 18.7 Å². The smallest absolute Gasteiger partial charge is 0.260 e. The molecule has 0 aliphatic rings. The Morgan fingerprint density at radius 2 is 2.19 bits per heavy atom. The van der Waals surface area contributed by atoms with Crippen molar-refractivity contribution >= 4 is 16.5 Å². The molecule has 0 amide bonds. The van der Waals surface area contributed by atoms with Gasteiger partial charge in [0, 0.05) is 38.4 Å². The second-order valence-electron chi connectivity index (χ2n) is 4.93. The van der Waals surface area contributed by atoms with E-state index in [0.717, 1.165) is 28.5 Å². The van der Waals surface area contributed by atoms with Crippen LogP contribution in [0.5, 0.6) is 0 Å². The van der Waals surface area contributed by atoms with Gasteiger partial charge in [0.15, 0.2) is 5.13 Å². The lowest BCUT2D eigenvalue weighted by Gasteiger charge is -2.13. The molecule has 2 rings (SSSR count). The van der Waals surface area contributed by atoms with E-state index in [9.17, 15) is 4.79 Å². The third-order valence-electron chi connectivity index (χ3n) is 3.41. The first-order valence-electron chi connectivity index (χ1n) is 6.92. The fourth-order valence-electron chi connectivity index (χ4n) is 2.39. The summed E-state index contributed by atoms with van der Waals surface area (Å²) < 4.78 is 6.87. The standard InChI is InChI=1S/C15H21N3O2S/c1-10-8-11(2)18(6-5-7-20-4)14(19)13(10)12-9-21-15(16-3)17-12/h8-9H,5-7H2,1-4H3,(H,16,17). The molecule has 0 saturated carbocycles. The second kappa shape index (κ2) is 6.87. The fourth-order valence-corrected chi connectivity index (χ4v) is 3.05. The molecule has 5 nitrogen and oxygen atoms in total. The molecule has 2 aromatic rings. The SMILES string of the molecule is CNc1nc(-c2c(C)cc(C)n(CCCOC)c2=O)cs1. The molecule has 0 unspecified atom stereocenters. The Morgan fingerprint density at radius 3 is 2.81 bits per heavy atom. The predicted octanol–water partition coefficient (Wildman–Crippen LogP) is 2.67. The Bertz CT molecular complexity index is 676. The molecule has 21 heavy (non-hydrogen) atoms. The maximum atomic E-state index is 12.8. The molecule has 114 valence electrons. The second-order valence-corrected chi connectivity index (χ2v) is 5.79. The largest absolute Gasteiger partial charge is 0.385 e. The molecule has 0 radical (unpaired) electrons. The summed E-state index contributed by atoms with van der Waals surface area (Å²) in [6, 6.07) is 2.04. The highest BCUT2D eigenvalue weighted by Crippen LogP contribution is 2.25. The Labute approximate surface area is 128 Å². The third-order valence-corrected chi connectivity index (χ3v) is 4.27. The molecule has 0 fully saturated rings. The number of aryl methyl sites for hydroxylation is 2. The van der Waals surface area contributed by atoms with E-state index in [4.69, 9.17) is 4.74 Å². The van der Waals surface area contributed by atoms with Crippen LogP contribution in [0.15, 0.2) is 16.2 Å². The van der Waals surface area contributed by atoms with Crippen molar-refractivity contribution in [2.75, 3.05) is 26.1 Å². The van der Waals surface area contributed by atoms with Crippen molar-refractivity contribution in [3.8, 4) is 11.3 Å². The minimum absolute atomic E-state index is 0.0246. The molecule has 0 spiro atoms. The number of hydrogen-bond acceptors (Lipinski definition) is 5. The third kappa shape index (κ3) is 3.33. The van der Waals surface area contributed by atoms with Crippen LogP contribution in [0, 0.1) is 13.8 Å². The highest BCUT2D eigenvalue weighted by atomic mass is 32.1. The summed E-state index contributed by atoms with van der Waals surface area (Å²) in [5.41, 5.74) is 3.40. The van der Waals surface area contributed by atoms with Crippen LogP contribution < -0.4 is 10.9 Å². The van der Waals surface area contributed by atoms with Crippen molar-refractivity contribution in [2.45, 2.75) is 26.8 Å². The molecule has 6 heteroatoms. The topological polar surface area (TPSA) is 56.1 Å². The molecule has 0 bridgehead atoms. The summed E-state index contributed by atoms with van der Waals surface area (Å²) in [6.07, 6.45) is 0.818. The van der Waals surface area contributed by atoms with Gasteiger partial charge in [0.05, 0.1) is 11.3 Å². The monoisotopic (exact) mass is 307 g/mol. The van der Waals surface area contributed by atoms with E-state index in [1.165, 1.54) is 11.3 Å². The fraction of sp³-hybridized carbons (Fsp3) is 0.467. The molecule has 1 N–H and O–H groups in total. The van der Waals surface area contributed by atoms with Crippen LogP contribution in [0.1, 0.15) is 17.7 Å². The van der Waals surface area contributed by atoms with E-state index in [-0.39, 0.29) is 5.56 Å². The lowest BCUT2D eigenvalue weighted by atomic mass is 10.1. The zero-order valence-corrected chi connectivity index (χ0v) is 13.7. The van der Waals surface area contributed by atoms with Gasteiger partial charge in [0.2, 0.25) is 0 Å². The molecule has 0 aliphatic carbocycles. The van der Waals surface area contributed by atoms with Crippen LogP contribution >= 0.6 is 11.3 Å². The molecule has 0 atom stereocenters. The number of pyridine rings is 1. The molecule has 0 saturated heterocycles. The maximum Gasteiger partial charge on any atom is 0.260 e. The van der Waals surface area contributed by atoms with Gasteiger partial charge in [-0.05, 0) is 31.9 Å². The Kier molecular flexibility index (Phi) is 5.14. The van der Waals surface area contributed by atoms with Gasteiger partial charge < -0.3 is 14.6 Å². The van der Waals surface area contributed by atoms with E-state index >= 15 is 0 Å². The average Bonchev–Trinajstić information content (AvgIpc) is 2.91.